The Morgan fingerprint density at radius 1 is 1.15 bits per heavy atom. The lowest BCUT2D eigenvalue weighted by molar-refractivity contribution is 0.0389. The first-order valence-corrected chi connectivity index (χ1v) is 6.02. The first-order valence-electron chi connectivity index (χ1n) is 6.02. The molecular weight excluding hydrogens is 256 g/mol. The van der Waals surface area contributed by atoms with Crippen LogP contribution in [-0.4, -0.2) is 16.2 Å². The molecule has 0 spiro atoms. The molecule has 0 aromatic heterocycles. The maximum Gasteiger partial charge on any atom is 0.342 e. The Morgan fingerprint density at radius 2 is 1.85 bits per heavy atom. The SMILES string of the molecule is C=CC(OC(=O)c1ccc(O)cc1O)c1ccccc1. The Morgan fingerprint density at radius 3 is 2.45 bits per heavy atom. The van der Waals surface area contributed by atoms with Crippen LogP contribution in [0.5, 0.6) is 11.5 Å². The fourth-order valence-electron chi connectivity index (χ4n) is 1.77. The van der Waals surface area contributed by atoms with Crippen LogP contribution in [0.2, 0.25) is 0 Å². The summed E-state index contributed by atoms with van der Waals surface area (Å²) in [5.41, 5.74) is 0.777. The molecule has 0 aliphatic heterocycles. The van der Waals surface area contributed by atoms with Crippen molar-refractivity contribution < 1.29 is 19.7 Å². The van der Waals surface area contributed by atoms with Gasteiger partial charge in [-0.25, -0.2) is 4.79 Å². The third-order valence-electron chi connectivity index (χ3n) is 2.78. The standard InChI is InChI=1S/C16H14O4/c1-2-15(11-6-4-3-5-7-11)20-16(19)13-9-8-12(17)10-14(13)18/h2-10,15,17-18H,1H2. The summed E-state index contributed by atoms with van der Waals surface area (Å²) in [7, 11) is 0. The second-order valence-electron chi connectivity index (χ2n) is 4.17. The van der Waals surface area contributed by atoms with E-state index in [4.69, 9.17) is 4.74 Å². The van der Waals surface area contributed by atoms with Crippen molar-refractivity contribution in [2.24, 2.45) is 0 Å². The van der Waals surface area contributed by atoms with E-state index in [1.807, 2.05) is 30.3 Å². The largest absolute Gasteiger partial charge is 0.508 e. The summed E-state index contributed by atoms with van der Waals surface area (Å²) in [5, 5.41) is 18.8. The minimum absolute atomic E-state index is 0.00872. The zero-order valence-electron chi connectivity index (χ0n) is 10.7. The number of benzene rings is 2. The molecule has 0 radical (unpaired) electrons. The summed E-state index contributed by atoms with van der Waals surface area (Å²) < 4.78 is 5.29. The van der Waals surface area contributed by atoms with Gasteiger partial charge in [-0.1, -0.05) is 36.9 Å². The Bertz CT molecular complexity index is 620. The van der Waals surface area contributed by atoms with Crippen LogP contribution in [-0.2, 0) is 4.74 Å². The van der Waals surface area contributed by atoms with Gasteiger partial charge in [-0.3, -0.25) is 0 Å². The van der Waals surface area contributed by atoms with Crippen LogP contribution in [0.3, 0.4) is 0 Å². The number of carbonyl (C=O) groups excluding carboxylic acids is 1. The normalized spacial score (nSPS) is 11.6. The molecule has 2 rings (SSSR count). The quantitative estimate of drug-likeness (QED) is 0.661. The molecule has 0 heterocycles. The lowest BCUT2D eigenvalue weighted by Gasteiger charge is -2.15. The van der Waals surface area contributed by atoms with Gasteiger partial charge in [0.15, 0.2) is 0 Å². The van der Waals surface area contributed by atoms with Gasteiger partial charge in [0.1, 0.15) is 23.2 Å². The van der Waals surface area contributed by atoms with Crippen LogP contribution in [0.25, 0.3) is 0 Å². The number of phenolic OH excluding ortho intramolecular Hbond substituents is 2. The smallest absolute Gasteiger partial charge is 0.342 e. The lowest BCUT2D eigenvalue weighted by atomic mass is 10.1. The third-order valence-corrected chi connectivity index (χ3v) is 2.78. The number of aromatic hydroxyl groups is 2. The molecule has 102 valence electrons. The molecule has 0 fully saturated rings. The molecule has 2 N–H and O–H groups in total. The van der Waals surface area contributed by atoms with Gasteiger partial charge in [0.25, 0.3) is 0 Å². The van der Waals surface area contributed by atoms with Crippen molar-refractivity contribution in [1.29, 1.82) is 0 Å². The minimum Gasteiger partial charge on any atom is -0.508 e. The number of phenols is 2. The summed E-state index contributed by atoms with van der Waals surface area (Å²) in [6.45, 7) is 3.64. The van der Waals surface area contributed by atoms with Gasteiger partial charge < -0.3 is 14.9 Å². The number of hydrogen-bond acceptors (Lipinski definition) is 4. The molecule has 1 atom stereocenters. The molecular formula is C16H14O4. The molecule has 2 aromatic rings. The maximum atomic E-state index is 12.0. The summed E-state index contributed by atoms with van der Waals surface area (Å²) in [5.74, 6) is -1.13. The Hall–Kier alpha value is -2.75. The van der Waals surface area contributed by atoms with Crippen LogP contribution in [0.4, 0.5) is 0 Å². The average molecular weight is 270 g/mol. The topological polar surface area (TPSA) is 66.8 Å². The summed E-state index contributed by atoms with van der Waals surface area (Å²) in [4.78, 5) is 12.0. The second-order valence-corrected chi connectivity index (χ2v) is 4.17. The van der Waals surface area contributed by atoms with Crippen LogP contribution >= 0.6 is 0 Å². The monoisotopic (exact) mass is 270 g/mol. The Balaban J connectivity index is 2.20. The number of ether oxygens (including phenoxy) is 1. The zero-order valence-corrected chi connectivity index (χ0v) is 10.7. The highest BCUT2D eigenvalue weighted by Gasteiger charge is 2.18. The van der Waals surface area contributed by atoms with Crippen LogP contribution in [0.1, 0.15) is 22.0 Å². The third kappa shape index (κ3) is 2.98. The van der Waals surface area contributed by atoms with Crippen molar-refractivity contribution in [2.75, 3.05) is 0 Å². The molecule has 0 aliphatic carbocycles. The first-order chi connectivity index (χ1) is 9.61. The van der Waals surface area contributed by atoms with E-state index in [-0.39, 0.29) is 17.1 Å². The molecule has 4 nitrogen and oxygen atoms in total. The van der Waals surface area contributed by atoms with Gasteiger partial charge in [0.05, 0.1) is 0 Å². The fourth-order valence-corrected chi connectivity index (χ4v) is 1.77. The minimum atomic E-state index is -0.684. The van der Waals surface area contributed by atoms with Crippen molar-refractivity contribution in [3.05, 3.63) is 72.3 Å². The number of hydrogen-bond donors (Lipinski definition) is 2. The predicted octanol–water partition coefficient (Wildman–Crippen LogP) is 3.18. The van der Waals surface area contributed by atoms with E-state index >= 15 is 0 Å². The Labute approximate surface area is 116 Å². The molecule has 2 aromatic carbocycles. The number of carbonyl (C=O) groups is 1. The van der Waals surface area contributed by atoms with Gasteiger partial charge in [-0.2, -0.15) is 0 Å². The first kappa shape index (κ1) is 13.7. The Kier molecular flexibility index (Phi) is 4.05. The zero-order chi connectivity index (χ0) is 14.5. The van der Waals surface area contributed by atoms with Crippen LogP contribution in [0.15, 0.2) is 61.2 Å². The van der Waals surface area contributed by atoms with Crippen molar-refractivity contribution in [3.63, 3.8) is 0 Å². The van der Waals surface area contributed by atoms with Crippen LogP contribution in [0, 0.1) is 0 Å². The molecule has 1 unspecified atom stereocenters. The molecule has 0 saturated carbocycles. The van der Waals surface area contributed by atoms with Gasteiger partial charge >= 0.3 is 5.97 Å². The van der Waals surface area contributed by atoms with Crippen molar-refractivity contribution in [2.45, 2.75) is 6.10 Å². The molecule has 0 amide bonds. The number of rotatable bonds is 4. The predicted molar refractivity (Wildman–Crippen MR) is 74.6 cm³/mol. The average Bonchev–Trinajstić information content (AvgIpc) is 2.45. The highest BCUT2D eigenvalue weighted by atomic mass is 16.5. The fraction of sp³-hybridized carbons (Fsp3) is 0.0625. The molecule has 0 saturated heterocycles. The van der Waals surface area contributed by atoms with Gasteiger partial charge in [-0.05, 0) is 23.8 Å². The summed E-state index contributed by atoms with van der Waals surface area (Å²) >= 11 is 0. The highest BCUT2D eigenvalue weighted by molar-refractivity contribution is 5.92. The van der Waals surface area contributed by atoms with E-state index in [0.717, 1.165) is 11.6 Å². The van der Waals surface area contributed by atoms with E-state index in [2.05, 4.69) is 6.58 Å². The lowest BCUT2D eigenvalue weighted by Crippen LogP contribution is -2.10. The van der Waals surface area contributed by atoms with Gasteiger partial charge in [0.2, 0.25) is 0 Å². The van der Waals surface area contributed by atoms with Gasteiger partial charge in [-0.15, -0.1) is 0 Å². The van der Waals surface area contributed by atoms with Crippen LogP contribution < -0.4 is 0 Å². The molecule has 0 aliphatic rings. The van der Waals surface area contributed by atoms with Gasteiger partial charge in [0, 0.05) is 6.07 Å². The summed E-state index contributed by atoms with van der Waals surface area (Å²) in [6, 6.07) is 12.8. The van der Waals surface area contributed by atoms with E-state index in [0.29, 0.717) is 0 Å². The summed E-state index contributed by atoms with van der Waals surface area (Å²) in [6.07, 6.45) is 0.905. The van der Waals surface area contributed by atoms with E-state index in [1.54, 1.807) is 0 Å². The highest BCUT2D eigenvalue weighted by Crippen LogP contribution is 2.26. The van der Waals surface area contributed by atoms with Crippen molar-refractivity contribution >= 4 is 5.97 Å². The second kappa shape index (κ2) is 5.93. The van der Waals surface area contributed by atoms with E-state index < -0.39 is 12.1 Å². The molecule has 20 heavy (non-hydrogen) atoms. The number of esters is 1. The molecule has 0 bridgehead atoms. The van der Waals surface area contributed by atoms with Crippen molar-refractivity contribution in [3.8, 4) is 11.5 Å². The maximum absolute atomic E-state index is 12.0. The molecule has 4 heteroatoms. The van der Waals surface area contributed by atoms with E-state index in [9.17, 15) is 15.0 Å². The van der Waals surface area contributed by atoms with E-state index in [1.165, 1.54) is 18.2 Å². The van der Waals surface area contributed by atoms with Crippen molar-refractivity contribution in [1.82, 2.24) is 0 Å².